The van der Waals surface area contributed by atoms with Crippen LogP contribution >= 0.6 is 11.6 Å². The molecule has 3 rings (SSSR count). The molecule has 4 nitrogen and oxygen atoms in total. The highest BCUT2D eigenvalue weighted by molar-refractivity contribution is 6.30. The second-order valence-electron chi connectivity index (χ2n) is 4.93. The fraction of sp³-hybridized carbons (Fsp3) is 0.0556. The highest BCUT2D eigenvalue weighted by atomic mass is 35.5. The van der Waals surface area contributed by atoms with Crippen molar-refractivity contribution in [2.75, 3.05) is 0 Å². The van der Waals surface area contributed by atoms with Crippen LogP contribution in [-0.4, -0.2) is 15.9 Å². The van der Waals surface area contributed by atoms with E-state index in [0.717, 1.165) is 11.3 Å². The summed E-state index contributed by atoms with van der Waals surface area (Å²) in [5.41, 5.74) is 1.98. The summed E-state index contributed by atoms with van der Waals surface area (Å²) in [6.07, 6.45) is 3.21. The lowest BCUT2D eigenvalue weighted by Crippen LogP contribution is -2.30. The molecule has 0 aliphatic carbocycles. The SMILES string of the molecule is O=C(N[C@@H](c1ccccc1)c1ccccn1)c1cc(Cl)ccn1. The lowest BCUT2D eigenvalue weighted by Gasteiger charge is -2.18. The summed E-state index contributed by atoms with van der Waals surface area (Å²) in [5, 5.41) is 3.44. The molecule has 0 bridgehead atoms. The van der Waals surface area contributed by atoms with Gasteiger partial charge in [0.25, 0.3) is 5.91 Å². The number of pyridine rings is 2. The molecule has 0 radical (unpaired) electrons. The Hall–Kier alpha value is -2.72. The minimum atomic E-state index is -0.356. The van der Waals surface area contributed by atoms with E-state index in [1.165, 1.54) is 12.3 Å². The first-order valence-corrected chi connectivity index (χ1v) is 7.50. The molecule has 2 aromatic heterocycles. The van der Waals surface area contributed by atoms with Gasteiger partial charge in [-0.15, -0.1) is 0 Å². The summed E-state index contributed by atoms with van der Waals surface area (Å²) in [7, 11) is 0. The van der Waals surface area contributed by atoms with Crippen LogP contribution in [0.25, 0.3) is 0 Å². The van der Waals surface area contributed by atoms with Crippen LogP contribution in [0.2, 0.25) is 5.02 Å². The van der Waals surface area contributed by atoms with E-state index in [4.69, 9.17) is 11.6 Å². The van der Waals surface area contributed by atoms with Gasteiger partial charge in [0, 0.05) is 17.4 Å². The second-order valence-corrected chi connectivity index (χ2v) is 5.37. The van der Waals surface area contributed by atoms with Crippen LogP contribution < -0.4 is 5.32 Å². The van der Waals surface area contributed by atoms with Crippen molar-refractivity contribution in [2.24, 2.45) is 0 Å². The van der Waals surface area contributed by atoms with Crippen LogP contribution in [0.1, 0.15) is 27.8 Å². The average Bonchev–Trinajstić information content (AvgIpc) is 2.61. The molecule has 0 spiro atoms. The zero-order valence-electron chi connectivity index (χ0n) is 12.2. The molecule has 5 heteroatoms. The molecule has 0 fully saturated rings. The number of halogens is 1. The van der Waals surface area contributed by atoms with E-state index in [9.17, 15) is 4.79 Å². The van der Waals surface area contributed by atoms with Gasteiger partial charge in [-0.25, -0.2) is 0 Å². The average molecular weight is 324 g/mol. The summed E-state index contributed by atoms with van der Waals surface area (Å²) in [6.45, 7) is 0. The van der Waals surface area contributed by atoms with Gasteiger partial charge in [-0.2, -0.15) is 0 Å². The first-order chi connectivity index (χ1) is 11.2. The molecular formula is C18H14ClN3O. The maximum Gasteiger partial charge on any atom is 0.270 e. The molecule has 23 heavy (non-hydrogen) atoms. The Morgan fingerprint density at radius 2 is 1.74 bits per heavy atom. The minimum Gasteiger partial charge on any atom is -0.338 e. The molecule has 0 saturated heterocycles. The zero-order chi connectivity index (χ0) is 16.1. The van der Waals surface area contributed by atoms with Crippen LogP contribution in [0, 0.1) is 0 Å². The molecule has 0 unspecified atom stereocenters. The van der Waals surface area contributed by atoms with E-state index in [0.29, 0.717) is 5.02 Å². The molecule has 0 aliphatic rings. The van der Waals surface area contributed by atoms with Gasteiger partial charge in [0.1, 0.15) is 5.69 Å². The molecule has 1 atom stereocenters. The quantitative estimate of drug-likeness (QED) is 0.797. The third-order valence-electron chi connectivity index (χ3n) is 3.35. The Morgan fingerprint density at radius 1 is 0.957 bits per heavy atom. The summed E-state index contributed by atoms with van der Waals surface area (Å²) >= 11 is 5.93. The maximum absolute atomic E-state index is 12.5. The predicted molar refractivity (Wildman–Crippen MR) is 89.2 cm³/mol. The molecule has 114 valence electrons. The highest BCUT2D eigenvalue weighted by Crippen LogP contribution is 2.20. The monoisotopic (exact) mass is 323 g/mol. The number of hydrogen-bond acceptors (Lipinski definition) is 3. The van der Waals surface area contributed by atoms with Gasteiger partial charge in [-0.05, 0) is 29.8 Å². The van der Waals surface area contributed by atoms with Crippen molar-refractivity contribution in [3.63, 3.8) is 0 Å². The molecular weight excluding hydrogens is 310 g/mol. The number of aromatic nitrogens is 2. The third-order valence-corrected chi connectivity index (χ3v) is 3.58. The van der Waals surface area contributed by atoms with Crippen LogP contribution in [0.5, 0.6) is 0 Å². The first-order valence-electron chi connectivity index (χ1n) is 7.12. The van der Waals surface area contributed by atoms with Gasteiger partial charge < -0.3 is 5.32 Å². The fourth-order valence-electron chi connectivity index (χ4n) is 2.25. The smallest absolute Gasteiger partial charge is 0.270 e. The molecule has 0 aliphatic heterocycles. The number of rotatable bonds is 4. The normalized spacial score (nSPS) is 11.7. The molecule has 3 aromatic rings. The molecule has 0 saturated carbocycles. The van der Waals surface area contributed by atoms with Crippen LogP contribution in [0.15, 0.2) is 73.1 Å². The Kier molecular flexibility index (Phi) is 4.64. The lowest BCUT2D eigenvalue weighted by molar-refractivity contribution is 0.0937. The molecule has 2 heterocycles. The Morgan fingerprint density at radius 3 is 2.43 bits per heavy atom. The van der Waals surface area contributed by atoms with Crippen LogP contribution in [0.3, 0.4) is 0 Å². The van der Waals surface area contributed by atoms with Gasteiger partial charge in [0.2, 0.25) is 0 Å². The highest BCUT2D eigenvalue weighted by Gasteiger charge is 2.19. The van der Waals surface area contributed by atoms with Crippen LogP contribution in [-0.2, 0) is 0 Å². The Labute approximate surface area is 139 Å². The molecule has 1 aromatic carbocycles. The molecule has 1 amide bonds. The predicted octanol–water partition coefficient (Wildman–Crippen LogP) is 3.65. The number of carbonyl (C=O) groups excluding carboxylic acids is 1. The lowest BCUT2D eigenvalue weighted by atomic mass is 10.0. The summed E-state index contributed by atoms with van der Waals surface area (Å²) in [4.78, 5) is 20.9. The van der Waals surface area contributed by atoms with E-state index in [2.05, 4.69) is 15.3 Å². The van der Waals surface area contributed by atoms with E-state index in [1.54, 1.807) is 12.3 Å². The summed E-state index contributed by atoms with van der Waals surface area (Å²) in [6, 6.07) is 18.1. The van der Waals surface area contributed by atoms with Crippen molar-refractivity contribution in [2.45, 2.75) is 6.04 Å². The van der Waals surface area contributed by atoms with Crippen LogP contribution in [0.4, 0.5) is 0 Å². The van der Waals surface area contributed by atoms with Gasteiger partial charge in [-0.3, -0.25) is 14.8 Å². The Balaban J connectivity index is 1.92. The van der Waals surface area contributed by atoms with Gasteiger partial charge >= 0.3 is 0 Å². The number of hydrogen-bond donors (Lipinski definition) is 1. The van der Waals surface area contributed by atoms with Crippen molar-refractivity contribution in [3.05, 3.63) is 95.0 Å². The fourth-order valence-corrected chi connectivity index (χ4v) is 2.41. The number of carbonyl (C=O) groups is 1. The van der Waals surface area contributed by atoms with Crippen molar-refractivity contribution in [1.82, 2.24) is 15.3 Å². The second kappa shape index (κ2) is 7.03. The molecule has 1 N–H and O–H groups in total. The van der Waals surface area contributed by atoms with E-state index in [1.807, 2.05) is 48.5 Å². The van der Waals surface area contributed by atoms with E-state index in [-0.39, 0.29) is 17.6 Å². The number of amides is 1. The third kappa shape index (κ3) is 3.73. The number of nitrogens with one attached hydrogen (secondary N) is 1. The van der Waals surface area contributed by atoms with Crippen molar-refractivity contribution in [3.8, 4) is 0 Å². The largest absolute Gasteiger partial charge is 0.338 e. The van der Waals surface area contributed by atoms with Crippen molar-refractivity contribution < 1.29 is 4.79 Å². The zero-order valence-corrected chi connectivity index (χ0v) is 12.9. The minimum absolute atomic E-state index is 0.273. The van der Waals surface area contributed by atoms with Gasteiger partial charge in [-0.1, -0.05) is 48.0 Å². The maximum atomic E-state index is 12.5. The standard InChI is InChI=1S/C18H14ClN3O/c19-14-9-11-21-16(12-14)18(23)22-17(13-6-2-1-3-7-13)15-8-4-5-10-20-15/h1-12,17H,(H,22,23)/t17-/m0/s1. The number of nitrogens with zero attached hydrogens (tertiary/aromatic N) is 2. The topological polar surface area (TPSA) is 54.9 Å². The first kappa shape index (κ1) is 15.2. The summed E-state index contributed by atoms with van der Waals surface area (Å²) in [5.74, 6) is -0.299. The van der Waals surface area contributed by atoms with E-state index >= 15 is 0 Å². The van der Waals surface area contributed by atoms with E-state index < -0.39 is 0 Å². The van der Waals surface area contributed by atoms with Crippen molar-refractivity contribution in [1.29, 1.82) is 0 Å². The summed E-state index contributed by atoms with van der Waals surface area (Å²) < 4.78 is 0. The van der Waals surface area contributed by atoms with Crippen molar-refractivity contribution >= 4 is 17.5 Å². The van der Waals surface area contributed by atoms with Gasteiger partial charge in [0.05, 0.1) is 11.7 Å². The Bertz CT molecular complexity index is 754. The van der Waals surface area contributed by atoms with Gasteiger partial charge in [0.15, 0.2) is 0 Å². The number of benzene rings is 1.